The molecule has 1 amide bonds. The number of aromatic nitrogens is 3. The highest BCUT2D eigenvalue weighted by molar-refractivity contribution is 8.00. The van der Waals surface area contributed by atoms with Gasteiger partial charge < -0.3 is 10.7 Å². The van der Waals surface area contributed by atoms with Crippen molar-refractivity contribution in [2.45, 2.75) is 16.4 Å². The molecule has 33 heavy (non-hydrogen) atoms. The maximum Gasteiger partial charge on any atom is 0.240 e. The lowest BCUT2D eigenvalue weighted by Crippen LogP contribution is -2.41. The van der Waals surface area contributed by atoms with Crippen LogP contribution in [0.15, 0.2) is 78.0 Å². The average molecular weight is 484 g/mol. The van der Waals surface area contributed by atoms with Crippen molar-refractivity contribution in [3.05, 3.63) is 95.0 Å². The molecule has 0 spiro atoms. The second-order valence-corrected chi connectivity index (χ2v) is 8.84. The molecule has 0 saturated heterocycles. The lowest BCUT2D eigenvalue weighted by molar-refractivity contribution is -0.116. The summed E-state index contributed by atoms with van der Waals surface area (Å²) in [6.45, 7) is 0. The Morgan fingerprint density at radius 3 is 2.52 bits per heavy atom. The van der Waals surface area contributed by atoms with E-state index in [9.17, 15) is 13.6 Å². The number of carbonyl (C=O) groups is 1. The van der Waals surface area contributed by atoms with Crippen LogP contribution in [0.1, 0.15) is 11.6 Å². The predicted octanol–water partition coefficient (Wildman–Crippen LogP) is 5.27. The number of nitrogens with one attached hydrogen (secondary N) is 2. The summed E-state index contributed by atoms with van der Waals surface area (Å²) < 4.78 is 28.8. The van der Waals surface area contributed by atoms with E-state index >= 15 is 0 Å². The van der Waals surface area contributed by atoms with Crippen LogP contribution in [0.2, 0.25) is 5.02 Å². The largest absolute Gasteiger partial charge is 0.325 e. The van der Waals surface area contributed by atoms with Gasteiger partial charge in [0.15, 0.2) is 5.82 Å². The average Bonchev–Trinajstić information content (AvgIpc) is 3.25. The standard InChI is InChI=1S/C23H16ClF2N5OS/c24-17-12-16(10-11-18(17)26)27-22(32)20-19(13-6-8-15(25)9-7-13)30-31-21(28-29-23(31)33-20)14-4-2-1-3-5-14/h1-12,19-20,30H,(H,27,32)/t19-,20+/m0/s1. The summed E-state index contributed by atoms with van der Waals surface area (Å²) in [5.74, 6) is -0.706. The minimum Gasteiger partial charge on any atom is -0.325 e. The topological polar surface area (TPSA) is 71.8 Å². The van der Waals surface area contributed by atoms with Crippen molar-refractivity contribution in [3.8, 4) is 11.4 Å². The van der Waals surface area contributed by atoms with Gasteiger partial charge in [-0.2, -0.15) is 0 Å². The van der Waals surface area contributed by atoms with E-state index in [1.165, 1.54) is 42.1 Å². The lowest BCUT2D eigenvalue weighted by atomic mass is 10.0. The Bertz CT molecular complexity index is 1320. The number of fused-ring (bicyclic) bond motifs is 1. The molecule has 6 nitrogen and oxygen atoms in total. The van der Waals surface area contributed by atoms with Crippen molar-refractivity contribution >= 4 is 35.0 Å². The fourth-order valence-electron chi connectivity index (χ4n) is 3.54. The van der Waals surface area contributed by atoms with Gasteiger partial charge in [-0.25, -0.2) is 13.5 Å². The molecule has 2 atom stereocenters. The van der Waals surface area contributed by atoms with Gasteiger partial charge in [-0.1, -0.05) is 65.8 Å². The van der Waals surface area contributed by atoms with Crippen molar-refractivity contribution in [2.75, 3.05) is 10.7 Å². The molecule has 2 heterocycles. The molecule has 4 aromatic rings. The minimum absolute atomic E-state index is 0.0930. The summed E-state index contributed by atoms with van der Waals surface area (Å²) in [5, 5.41) is 11.0. The first-order valence-corrected chi connectivity index (χ1v) is 11.2. The molecule has 1 aromatic heterocycles. The van der Waals surface area contributed by atoms with Crippen LogP contribution in [0.5, 0.6) is 0 Å². The van der Waals surface area contributed by atoms with Crippen LogP contribution in [-0.4, -0.2) is 26.0 Å². The molecule has 2 N–H and O–H groups in total. The number of carbonyl (C=O) groups excluding carboxylic acids is 1. The number of benzene rings is 3. The molecule has 0 fully saturated rings. The molecule has 10 heteroatoms. The second-order valence-electron chi connectivity index (χ2n) is 7.32. The van der Waals surface area contributed by atoms with E-state index in [0.717, 1.165) is 5.56 Å². The zero-order valence-corrected chi connectivity index (χ0v) is 18.4. The quantitative estimate of drug-likeness (QED) is 0.413. The highest BCUT2D eigenvalue weighted by atomic mass is 35.5. The Morgan fingerprint density at radius 1 is 1.03 bits per heavy atom. The van der Waals surface area contributed by atoms with Crippen molar-refractivity contribution < 1.29 is 13.6 Å². The Hall–Kier alpha value is -3.43. The molecule has 0 radical (unpaired) electrons. The summed E-state index contributed by atoms with van der Waals surface area (Å²) >= 11 is 7.08. The number of rotatable bonds is 4. The summed E-state index contributed by atoms with van der Waals surface area (Å²) in [7, 11) is 0. The minimum atomic E-state index is -0.681. The number of thioether (sulfide) groups is 1. The van der Waals surface area contributed by atoms with Gasteiger partial charge in [0.25, 0.3) is 0 Å². The number of hydrogen-bond acceptors (Lipinski definition) is 5. The summed E-state index contributed by atoms with van der Waals surface area (Å²) in [5.41, 5.74) is 5.24. The number of nitrogens with zero attached hydrogens (tertiary/aromatic N) is 3. The summed E-state index contributed by atoms with van der Waals surface area (Å²) in [6, 6.07) is 18.9. The van der Waals surface area contributed by atoms with E-state index in [-0.39, 0.29) is 16.7 Å². The van der Waals surface area contributed by atoms with Gasteiger partial charge in [0.05, 0.1) is 11.1 Å². The van der Waals surface area contributed by atoms with Gasteiger partial charge >= 0.3 is 0 Å². The fraction of sp³-hybridized carbons (Fsp3) is 0.0870. The number of hydrogen-bond donors (Lipinski definition) is 2. The Balaban J connectivity index is 1.50. The van der Waals surface area contributed by atoms with E-state index in [0.29, 0.717) is 22.2 Å². The first-order chi connectivity index (χ1) is 16.0. The van der Waals surface area contributed by atoms with Crippen LogP contribution in [0.4, 0.5) is 14.5 Å². The van der Waals surface area contributed by atoms with Crippen molar-refractivity contribution in [1.82, 2.24) is 14.9 Å². The molecule has 0 bridgehead atoms. The molecular weight excluding hydrogens is 468 g/mol. The zero-order chi connectivity index (χ0) is 22.9. The van der Waals surface area contributed by atoms with Crippen LogP contribution in [-0.2, 0) is 4.79 Å². The smallest absolute Gasteiger partial charge is 0.240 e. The number of anilines is 1. The molecule has 1 aliphatic heterocycles. The fourth-order valence-corrected chi connectivity index (χ4v) is 4.80. The van der Waals surface area contributed by atoms with Crippen LogP contribution >= 0.6 is 23.4 Å². The number of amides is 1. The SMILES string of the molecule is O=C(Nc1ccc(F)c(Cl)c1)[C@@H]1Sc2nnc(-c3ccccc3)n2N[C@H]1c1ccc(F)cc1. The van der Waals surface area contributed by atoms with Crippen LogP contribution < -0.4 is 10.7 Å². The highest BCUT2D eigenvalue weighted by Crippen LogP contribution is 2.39. The number of halogens is 3. The molecule has 3 aromatic carbocycles. The first kappa shape index (κ1) is 21.4. The Morgan fingerprint density at radius 2 is 1.79 bits per heavy atom. The Kier molecular flexibility index (Phi) is 5.74. The van der Waals surface area contributed by atoms with Gasteiger partial charge in [0.2, 0.25) is 11.1 Å². The normalized spacial score (nSPS) is 17.2. The highest BCUT2D eigenvalue weighted by Gasteiger charge is 2.38. The molecule has 1 aliphatic rings. The zero-order valence-electron chi connectivity index (χ0n) is 16.9. The van der Waals surface area contributed by atoms with E-state index in [1.807, 2.05) is 30.3 Å². The van der Waals surface area contributed by atoms with Crippen LogP contribution in [0, 0.1) is 11.6 Å². The summed E-state index contributed by atoms with van der Waals surface area (Å²) in [4.78, 5) is 13.3. The molecule has 0 saturated carbocycles. The molecular formula is C23H16ClF2N5OS. The monoisotopic (exact) mass is 483 g/mol. The van der Waals surface area contributed by atoms with E-state index < -0.39 is 17.1 Å². The maximum atomic E-state index is 13.6. The van der Waals surface area contributed by atoms with E-state index in [4.69, 9.17) is 11.6 Å². The van der Waals surface area contributed by atoms with Gasteiger partial charge in [-0.05, 0) is 35.9 Å². The molecule has 166 valence electrons. The molecule has 5 rings (SSSR count). The third-order valence-corrected chi connectivity index (χ3v) is 6.65. The molecule has 0 aliphatic carbocycles. The Labute approximate surface area is 197 Å². The predicted molar refractivity (Wildman–Crippen MR) is 124 cm³/mol. The van der Waals surface area contributed by atoms with Crippen LogP contribution in [0.3, 0.4) is 0 Å². The van der Waals surface area contributed by atoms with Gasteiger partial charge in [-0.3, -0.25) is 4.79 Å². The third-order valence-electron chi connectivity index (χ3n) is 5.14. The van der Waals surface area contributed by atoms with Gasteiger partial charge in [0, 0.05) is 11.3 Å². The third kappa shape index (κ3) is 4.29. The van der Waals surface area contributed by atoms with Crippen molar-refractivity contribution in [1.29, 1.82) is 0 Å². The van der Waals surface area contributed by atoms with Crippen LogP contribution in [0.25, 0.3) is 11.4 Å². The second kappa shape index (κ2) is 8.84. The first-order valence-electron chi connectivity index (χ1n) is 9.95. The van der Waals surface area contributed by atoms with Crippen molar-refractivity contribution in [3.63, 3.8) is 0 Å². The molecule has 0 unspecified atom stereocenters. The van der Waals surface area contributed by atoms with Gasteiger partial charge in [0.1, 0.15) is 16.9 Å². The van der Waals surface area contributed by atoms with E-state index in [2.05, 4.69) is 20.9 Å². The summed E-state index contributed by atoms with van der Waals surface area (Å²) in [6.07, 6.45) is 0. The van der Waals surface area contributed by atoms with Crippen molar-refractivity contribution in [2.24, 2.45) is 0 Å². The van der Waals surface area contributed by atoms with E-state index in [1.54, 1.807) is 16.8 Å². The lowest BCUT2D eigenvalue weighted by Gasteiger charge is -2.33. The maximum absolute atomic E-state index is 13.6. The van der Waals surface area contributed by atoms with Gasteiger partial charge in [-0.15, -0.1) is 10.2 Å².